The number of rotatable bonds is 8. The zero-order valence-electron chi connectivity index (χ0n) is 25.0. The quantitative estimate of drug-likeness (QED) is 0.200. The van der Waals surface area contributed by atoms with E-state index in [1.165, 1.54) is 37.4 Å². The predicted molar refractivity (Wildman–Crippen MR) is 164 cm³/mol. The molecular weight excluding hydrogens is 589 g/mol. The van der Waals surface area contributed by atoms with E-state index in [0.717, 1.165) is 22.7 Å². The van der Waals surface area contributed by atoms with Gasteiger partial charge in [0, 0.05) is 40.8 Å². The van der Waals surface area contributed by atoms with Gasteiger partial charge in [0.25, 0.3) is 5.91 Å². The number of nitrogens with zero attached hydrogens (tertiary/aromatic N) is 1. The zero-order valence-corrected chi connectivity index (χ0v) is 25.8. The van der Waals surface area contributed by atoms with Gasteiger partial charge in [0.2, 0.25) is 0 Å². The molecule has 2 aliphatic rings. The lowest BCUT2D eigenvalue weighted by Crippen LogP contribution is -2.41. The molecule has 1 amide bonds. The fourth-order valence-corrected chi connectivity index (χ4v) is 6.03. The van der Waals surface area contributed by atoms with Crippen LogP contribution in [0.25, 0.3) is 22.3 Å². The third kappa shape index (κ3) is 5.44. The highest BCUT2D eigenvalue weighted by Gasteiger charge is 2.52. The average molecular weight is 621 g/mol. The summed E-state index contributed by atoms with van der Waals surface area (Å²) in [6.45, 7) is 7.39. The van der Waals surface area contributed by atoms with Gasteiger partial charge < -0.3 is 23.6 Å². The molecule has 6 rings (SSSR count). The number of nitrogens with one attached hydrogen (secondary N) is 1. The summed E-state index contributed by atoms with van der Waals surface area (Å²) < 4.78 is 73.7. The molecule has 0 spiro atoms. The molecule has 1 saturated heterocycles. The first-order valence-electron chi connectivity index (χ1n) is 14.4. The number of amides is 1. The lowest BCUT2D eigenvalue weighted by atomic mass is 9.78. The van der Waals surface area contributed by atoms with Crippen molar-refractivity contribution in [2.75, 3.05) is 11.4 Å². The zero-order chi connectivity index (χ0) is 31.6. The predicted octanol–water partition coefficient (Wildman–Crippen LogP) is 5.71. The Morgan fingerprint density at radius 2 is 1.70 bits per heavy atom. The highest BCUT2D eigenvalue weighted by molar-refractivity contribution is 7.80. The number of furan rings is 1. The van der Waals surface area contributed by atoms with E-state index in [4.69, 9.17) is 13.7 Å². The van der Waals surface area contributed by atoms with Gasteiger partial charge in [-0.3, -0.25) is 13.3 Å². The number of benzene rings is 3. The molecular formula is C32H32BF2N2O6S-. The van der Waals surface area contributed by atoms with Crippen LogP contribution in [-0.4, -0.2) is 40.0 Å². The van der Waals surface area contributed by atoms with Crippen molar-refractivity contribution in [3.63, 3.8) is 0 Å². The standard InChI is InChI=1S/C32H33BF2N2O6S/c1-31(2)32(3,4)43-33(42-31)24-13-6-18(14-25(24)35)17-37(44(39)40)26-16-27-23(15-22(26)19-7-8-19)28(30(38)36-5)29(41-27)20-9-11-21(34)12-10-20/h6,9-16,19H,7-8,17H2,1-5H3,(H,36,38)(H,39,40)/p-1. The largest absolute Gasteiger partial charge is 0.755 e. The van der Waals surface area contributed by atoms with Gasteiger partial charge in [-0.2, -0.15) is 0 Å². The van der Waals surface area contributed by atoms with E-state index in [1.54, 1.807) is 24.3 Å². The molecule has 3 aromatic carbocycles. The maximum atomic E-state index is 15.4. The summed E-state index contributed by atoms with van der Waals surface area (Å²) in [5, 5.41) is 3.15. The first-order chi connectivity index (χ1) is 20.8. The van der Waals surface area contributed by atoms with Gasteiger partial charge in [-0.15, -0.1) is 0 Å². The van der Waals surface area contributed by atoms with Crippen LogP contribution >= 0.6 is 0 Å². The van der Waals surface area contributed by atoms with E-state index >= 15 is 4.39 Å². The van der Waals surface area contributed by atoms with Crippen LogP contribution in [0.15, 0.2) is 59.0 Å². The van der Waals surface area contributed by atoms with Crippen molar-refractivity contribution >= 4 is 46.4 Å². The normalized spacial score (nSPS) is 18.0. The minimum atomic E-state index is -2.73. The Morgan fingerprint density at radius 1 is 1.05 bits per heavy atom. The SMILES string of the molecule is CNC(=O)c1c(-c2ccc(F)cc2)oc2cc(N(Cc3ccc(B4OC(C)(C)C(C)(C)O4)c(F)c3)S(=O)[O-])c(C3CC3)cc12. The van der Waals surface area contributed by atoms with Crippen molar-refractivity contribution in [3.8, 4) is 11.3 Å². The van der Waals surface area contributed by atoms with Gasteiger partial charge in [0.15, 0.2) is 0 Å². The van der Waals surface area contributed by atoms with Crippen molar-refractivity contribution in [3.05, 3.63) is 82.9 Å². The molecule has 0 bridgehead atoms. The molecule has 44 heavy (non-hydrogen) atoms. The summed E-state index contributed by atoms with van der Waals surface area (Å²) in [6, 6.07) is 13.5. The highest BCUT2D eigenvalue weighted by atomic mass is 32.2. The van der Waals surface area contributed by atoms with Crippen LogP contribution in [0.4, 0.5) is 14.5 Å². The number of halogens is 2. The van der Waals surface area contributed by atoms with E-state index < -0.39 is 41.2 Å². The summed E-state index contributed by atoms with van der Waals surface area (Å²) in [7, 11) is 0.608. The third-order valence-electron chi connectivity index (χ3n) is 8.76. The smallest absolute Gasteiger partial charge is 0.497 e. The number of fused-ring (bicyclic) bond motifs is 1. The summed E-state index contributed by atoms with van der Waals surface area (Å²) in [5.74, 6) is -1.06. The molecule has 1 N–H and O–H groups in total. The molecule has 0 radical (unpaired) electrons. The Morgan fingerprint density at radius 3 is 2.27 bits per heavy atom. The van der Waals surface area contributed by atoms with Crippen LogP contribution in [0, 0.1) is 11.6 Å². The molecule has 8 nitrogen and oxygen atoms in total. The lowest BCUT2D eigenvalue weighted by Gasteiger charge is -2.32. The van der Waals surface area contributed by atoms with Crippen LogP contribution in [0.5, 0.6) is 0 Å². The summed E-state index contributed by atoms with van der Waals surface area (Å²) in [4.78, 5) is 13.0. The van der Waals surface area contributed by atoms with Crippen LogP contribution < -0.4 is 15.1 Å². The molecule has 1 aliphatic carbocycles. The van der Waals surface area contributed by atoms with Crippen LogP contribution in [0.2, 0.25) is 0 Å². The maximum absolute atomic E-state index is 15.4. The maximum Gasteiger partial charge on any atom is 0.497 e. The Bertz CT molecular complexity index is 1770. The minimum Gasteiger partial charge on any atom is -0.755 e. The first kappa shape index (κ1) is 30.5. The highest BCUT2D eigenvalue weighted by Crippen LogP contribution is 2.48. The first-order valence-corrected chi connectivity index (χ1v) is 15.4. The number of carbonyl (C=O) groups is 1. The molecule has 1 aromatic heterocycles. The van der Waals surface area contributed by atoms with Gasteiger partial charge in [-0.05, 0) is 94.0 Å². The Kier molecular flexibility index (Phi) is 7.68. The Hall–Kier alpha value is -3.58. The van der Waals surface area contributed by atoms with E-state index in [2.05, 4.69) is 5.32 Å². The second-order valence-electron chi connectivity index (χ2n) is 12.3. The van der Waals surface area contributed by atoms with Crippen molar-refractivity contribution in [2.45, 2.75) is 64.2 Å². The molecule has 1 saturated carbocycles. The molecule has 2 heterocycles. The third-order valence-corrected chi connectivity index (χ3v) is 9.45. The van der Waals surface area contributed by atoms with Gasteiger partial charge in [-0.25, -0.2) is 8.78 Å². The summed E-state index contributed by atoms with van der Waals surface area (Å²) >= 11 is -2.73. The molecule has 1 aliphatic heterocycles. The Balaban J connectivity index is 1.39. The molecule has 1 unspecified atom stereocenters. The number of hydrogen-bond acceptors (Lipinski definition) is 6. The molecule has 230 valence electrons. The summed E-state index contributed by atoms with van der Waals surface area (Å²) in [6.07, 6.45) is 1.71. The van der Waals surface area contributed by atoms with Crippen molar-refractivity contribution in [1.29, 1.82) is 0 Å². The van der Waals surface area contributed by atoms with Crippen LogP contribution in [0.3, 0.4) is 0 Å². The van der Waals surface area contributed by atoms with Crippen LogP contribution in [0.1, 0.15) is 67.9 Å². The lowest BCUT2D eigenvalue weighted by molar-refractivity contribution is 0.00578. The molecule has 12 heteroatoms. The van der Waals surface area contributed by atoms with E-state index in [9.17, 15) is 17.9 Å². The molecule has 1 atom stereocenters. The monoisotopic (exact) mass is 621 g/mol. The fraction of sp³-hybridized carbons (Fsp3) is 0.344. The van der Waals surface area contributed by atoms with Gasteiger partial charge in [0.05, 0.1) is 29.0 Å². The van der Waals surface area contributed by atoms with E-state index in [0.29, 0.717) is 27.8 Å². The fourth-order valence-electron chi connectivity index (χ4n) is 5.46. The number of hydrogen-bond donors (Lipinski definition) is 1. The van der Waals surface area contributed by atoms with Crippen LogP contribution in [-0.2, 0) is 27.1 Å². The Labute approximate surface area is 257 Å². The van der Waals surface area contributed by atoms with E-state index in [1.807, 2.05) is 27.7 Å². The number of anilines is 1. The summed E-state index contributed by atoms with van der Waals surface area (Å²) in [5.41, 5.74) is 1.56. The van der Waals surface area contributed by atoms with Crippen molar-refractivity contribution < 1.29 is 36.1 Å². The van der Waals surface area contributed by atoms with E-state index in [-0.39, 0.29) is 35.2 Å². The average Bonchev–Trinajstić information content (AvgIpc) is 3.70. The van der Waals surface area contributed by atoms with Gasteiger partial charge >= 0.3 is 7.12 Å². The molecule has 2 fully saturated rings. The van der Waals surface area contributed by atoms with Gasteiger partial charge in [-0.1, -0.05) is 12.1 Å². The van der Waals surface area contributed by atoms with Gasteiger partial charge in [0.1, 0.15) is 23.0 Å². The van der Waals surface area contributed by atoms with Crippen molar-refractivity contribution in [2.24, 2.45) is 0 Å². The topological polar surface area (TPSA) is 104 Å². The number of carbonyl (C=O) groups excluding carboxylic acids is 1. The molecule has 4 aromatic rings. The minimum absolute atomic E-state index is 0.0876. The second kappa shape index (κ2) is 11.1. The van der Waals surface area contributed by atoms with Crippen molar-refractivity contribution in [1.82, 2.24) is 5.32 Å². The second-order valence-corrected chi connectivity index (χ2v) is 13.1.